The molecule has 0 saturated carbocycles. The molecule has 6 heteroatoms. The third-order valence-corrected chi connectivity index (χ3v) is 3.56. The van der Waals surface area contributed by atoms with Crippen LogP contribution in [0.5, 0.6) is 0 Å². The Morgan fingerprint density at radius 1 is 1.22 bits per heavy atom. The van der Waals surface area contributed by atoms with Crippen LogP contribution in [-0.4, -0.2) is 10.9 Å². The van der Waals surface area contributed by atoms with Gasteiger partial charge in [0.2, 0.25) is 0 Å². The number of fused-ring (bicyclic) bond motifs is 1. The second-order valence-corrected chi connectivity index (χ2v) is 5.33. The Morgan fingerprint density at radius 3 is 2.83 bits per heavy atom. The molecule has 5 nitrogen and oxygen atoms in total. The molecule has 112 valence electrons. The van der Waals surface area contributed by atoms with Crippen molar-refractivity contribution in [2.45, 2.75) is 0 Å². The zero-order valence-corrected chi connectivity index (χ0v) is 12.6. The zero-order chi connectivity index (χ0) is 16.4. The number of carbonyl (C=O) groups excluding carboxylic acids is 1. The van der Waals surface area contributed by atoms with Gasteiger partial charge in [0, 0.05) is 33.4 Å². The highest BCUT2D eigenvalue weighted by Gasteiger charge is 2.14. The monoisotopic (exact) mass is 322 g/mol. The van der Waals surface area contributed by atoms with E-state index in [4.69, 9.17) is 22.6 Å². The molecule has 0 fully saturated rings. The summed E-state index contributed by atoms with van der Waals surface area (Å²) in [7, 11) is 0. The van der Waals surface area contributed by atoms with Crippen molar-refractivity contribution in [3.8, 4) is 6.07 Å². The minimum Gasteiger partial charge on any atom is -0.398 e. The summed E-state index contributed by atoms with van der Waals surface area (Å²) in [6.45, 7) is 0. The van der Waals surface area contributed by atoms with Gasteiger partial charge in [-0.15, -0.1) is 0 Å². The van der Waals surface area contributed by atoms with Crippen molar-refractivity contribution < 1.29 is 4.79 Å². The van der Waals surface area contributed by atoms with Crippen LogP contribution >= 0.6 is 11.6 Å². The number of rotatable bonds is 2. The van der Waals surface area contributed by atoms with Gasteiger partial charge in [0.15, 0.2) is 0 Å². The van der Waals surface area contributed by atoms with E-state index in [-0.39, 0.29) is 5.69 Å². The molecule has 0 aliphatic carbocycles. The lowest BCUT2D eigenvalue weighted by Gasteiger charge is -2.09. The standard InChI is InChI=1S/C17H11ClN4O/c18-11-7-14-13(15(20)8-11)4-5-21-16(14)17(23)22-12-3-1-2-10(6-12)9-19/h1-8H,20H2,(H,22,23). The molecule has 1 heterocycles. The number of carbonyl (C=O) groups is 1. The number of nitrogen functional groups attached to an aromatic ring is 1. The van der Waals surface area contributed by atoms with E-state index in [1.165, 1.54) is 6.20 Å². The molecule has 1 amide bonds. The van der Waals surface area contributed by atoms with E-state index in [0.717, 1.165) is 0 Å². The molecular formula is C17H11ClN4O. The van der Waals surface area contributed by atoms with Crippen LogP contribution in [0.1, 0.15) is 16.1 Å². The number of anilines is 2. The Hall–Kier alpha value is -3.10. The van der Waals surface area contributed by atoms with Crippen LogP contribution in [0.2, 0.25) is 5.02 Å². The van der Waals surface area contributed by atoms with E-state index >= 15 is 0 Å². The smallest absolute Gasteiger partial charge is 0.274 e. The summed E-state index contributed by atoms with van der Waals surface area (Å²) < 4.78 is 0. The third kappa shape index (κ3) is 2.93. The fourth-order valence-corrected chi connectivity index (χ4v) is 2.54. The van der Waals surface area contributed by atoms with Gasteiger partial charge in [-0.25, -0.2) is 0 Å². The summed E-state index contributed by atoms with van der Waals surface area (Å²) in [4.78, 5) is 16.6. The van der Waals surface area contributed by atoms with Crippen molar-refractivity contribution in [3.05, 3.63) is 64.9 Å². The van der Waals surface area contributed by atoms with Gasteiger partial charge in [-0.3, -0.25) is 9.78 Å². The number of nitrogens with two attached hydrogens (primary N) is 1. The minimum absolute atomic E-state index is 0.221. The average molecular weight is 323 g/mol. The highest BCUT2D eigenvalue weighted by molar-refractivity contribution is 6.32. The van der Waals surface area contributed by atoms with Gasteiger partial charge in [0.05, 0.1) is 11.6 Å². The predicted octanol–water partition coefficient (Wildman–Crippen LogP) is 3.59. The van der Waals surface area contributed by atoms with Crippen molar-refractivity contribution in [1.29, 1.82) is 5.26 Å². The van der Waals surface area contributed by atoms with Crippen molar-refractivity contribution >= 4 is 39.7 Å². The van der Waals surface area contributed by atoms with Crippen molar-refractivity contribution in [2.24, 2.45) is 0 Å². The fourth-order valence-electron chi connectivity index (χ4n) is 2.31. The largest absolute Gasteiger partial charge is 0.398 e. The van der Waals surface area contributed by atoms with E-state index in [0.29, 0.717) is 32.7 Å². The fraction of sp³-hybridized carbons (Fsp3) is 0. The number of nitriles is 1. The number of halogens is 1. The number of nitrogens with one attached hydrogen (secondary N) is 1. The lowest BCUT2D eigenvalue weighted by Crippen LogP contribution is -2.14. The number of amides is 1. The Morgan fingerprint density at radius 2 is 2.04 bits per heavy atom. The number of benzene rings is 2. The summed E-state index contributed by atoms with van der Waals surface area (Å²) in [6.07, 6.45) is 1.52. The minimum atomic E-state index is -0.396. The first-order valence-electron chi connectivity index (χ1n) is 6.74. The molecule has 3 rings (SSSR count). The van der Waals surface area contributed by atoms with E-state index in [1.807, 2.05) is 6.07 Å². The molecule has 0 spiro atoms. The number of nitrogens with zero attached hydrogens (tertiary/aromatic N) is 2. The first kappa shape index (κ1) is 14.8. The van der Waals surface area contributed by atoms with Gasteiger partial charge >= 0.3 is 0 Å². The molecule has 0 saturated heterocycles. The zero-order valence-electron chi connectivity index (χ0n) is 11.9. The third-order valence-electron chi connectivity index (χ3n) is 3.34. The maximum atomic E-state index is 12.5. The molecule has 0 aliphatic heterocycles. The van der Waals surface area contributed by atoms with Gasteiger partial charge in [-0.2, -0.15) is 5.26 Å². The SMILES string of the molecule is N#Cc1cccc(NC(=O)c2nccc3c(N)cc(Cl)cc23)c1. The highest BCUT2D eigenvalue weighted by Crippen LogP contribution is 2.27. The number of aromatic nitrogens is 1. The van der Waals surface area contributed by atoms with Crippen molar-refractivity contribution in [3.63, 3.8) is 0 Å². The van der Waals surface area contributed by atoms with Crippen LogP contribution in [0.25, 0.3) is 10.8 Å². The van der Waals surface area contributed by atoms with E-state index in [2.05, 4.69) is 10.3 Å². The van der Waals surface area contributed by atoms with Gasteiger partial charge in [0.1, 0.15) is 5.69 Å². The number of hydrogen-bond acceptors (Lipinski definition) is 4. The first-order chi connectivity index (χ1) is 11.1. The second-order valence-electron chi connectivity index (χ2n) is 4.90. The van der Waals surface area contributed by atoms with Crippen LogP contribution < -0.4 is 11.1 Å². The Bertz CT molecular complexity index is 962. The molecule has 0 bridgehead atoms. The molecule has 3 aromatic rings. The Balaban J connectivity index is 2.03. The average Bonchev–Trinajstić information content (AvgIpc) is 2.54. The summed E-state index contributed by atoms with van der Waals surface area (Å²) in [5.74, 6) is -0.396. The molecule has 0 unspecified atom stereocenters. The maximum absolute atomic E-state index is 12.5. The lowest BCUT2D eigenvalue weighted by molar-refractivity contribution is 0.102. The number of pyridine rings is 1. The molecule has 1 aromatic heterocycles. The van der Waals surface area contributed by atoms with Gasteiger partial charge in [0.25, 0.3) is 5.91 Å². The molecule has 2 aromatic carbocycles. The topological polar surface area (TPSA) is 91.8 Å². The summed E-state index contributed by atoms with van der Waals surface area (Å²) in [5.41, 5.74) is 7.62. The van der Waals surface area contributed by atoms with Crippen LogP contribution in [0.4, 0.5) is 11.4 Å². The summed E-state index contributed by atoms with van der Waals surface area (Å²) in [6, 6.07) is 13.7. The summed E-state index contributed by atoms with van der Waals surface area (Å²) in [5, 5.41) is 13.4. The lowest BCUT2D eigenvalue weighted by atomic mass is 10.1. The molecular weight excluding hydrogens is 312 g/mol. The van der Waals surface area contributed by atoms with Crippen LogP contribution in [0, 0.1) is 11.3 Å². The highest BCUT2D eigenvalue weighted by atomic mass is 35.5. The molecule has 0 aliphatic rings. The Kier molecular flexibility index (Phi) is 3.83. The predicted molar refractivity (Wildman–Crippen MR) is 90.3 cm³/mol. The van der Waals surface area contributed by atoms with Crippen LogP contribution in [-0.2, 0) is 0 Å². The molecule has 3 N–H and O–H groups in total. The van der Waals surface area contributed by atoms with Gasteiger partial charge in [-0.05, 0) is 36.4 Å². The number of hydrogen-bond donors (Lipinski definition) is 2. The van der Waals surface area contributed by atoms with Crippen molar-refractivity contribution in [2.75, 3.05) is 11.1 Å². The Labute approximate surface area is 137 Å². The van der Waals surface area contributed by atoms with Gasteiger partial charge in [-0.1, -0.05) is 17.7 Å². The first-order valence-corrected chi connectivity index (χ1v) is 7.11. The van der Waals surface area contributed by atoms with E-state index in [9.17, 15) is 4.79 Å². The summed E-state index contributed by atoms with van der Waals surface area (Å²) >= 11 is 6.02. The van der Waals surface area contributed by atoms with Crippen molar-refractivity contribution in [1.82, 2.24) is 4.98 Å². The van der Waals surface area contributed by atoms with E-state index in [1.54, 1.807) is 42.5 Å². The maximum Gasteiger partial charge on any atom is 0.274 e. The normalized spacial score (nSPS) is 10.3. The van der Waals surface area contributed by atoms with E-state index < -0.39 is 5.91 Å². The molecule has 0 radical (unpaired) electrons. The molecule has 0 atom stereocenters. The quantitative estimate of drug-likeness (QED) is 0.705. The van der Waals surface area contributed by atoms with Crippen LogP contribution in [0.3, 0.4) is 0 Å². The van der Waals surface area contributed by atoms with Crippen LogP contribution in [0.15, 0.2) is 48.7 Å². The van der Waals surface area contributed by atoms with Gasteiger partial charge < -0.3 is 11.1 Å². The second kappa shape index (κ2) is 5.95. The molecule has 23 heavy (non-hydrogen) atoms.